The zero-order chi connectivity index (χ0) is 12.3. The van der Waals surface area contributed by atoms with Gasteiger partial charge in [0.25, 0.3) is 0 Å². The highest BCUT2D eigenvalue weighted by Gasteiger charge is 2.37. The molecule has 2 unspecified atom stereocenters. The maximum atomic E-state index is 11.3. The van der Waals surface area contributed by atoms with E-state index in [0.29, 0.717) is 6.54 Å². The molecule has 0 aromatic heterocycles. The number of rotatable bonds is 5. The molecule has 0 aliphatic heterocycles. The molecule has 0 radical (unpaired) electrons. The number of aliphatic carboxylic acids is 1. The molecule has 16 heavy (non-hydrogen) atoms. The van der Waals surface area contributed by atoms with Crippen molar-refractivity contribution < 1.29 is 19.8 Å². The second-order valence-corrected chi connectivity index (χ2v) is 4.69. The molecule has 2 atom stereocenters. The van der Waals surface area contributed by atoms with E-state index >= 15 is 0 Å². The smallest absolute Gasteiger partial charge is 0.328 e. The van der Waals surface area contributed by atoms with E-state index in [1.165, 1.54) is 6.92 Å². The Kier molecular flexibility index (Phi) is 3.74. The third-order valence-corrected chi connectivity index (χ3v) is 2.81. The zero-order valence-corrected chi connectivity index (χ0v) is 9.49. The molecule has 1 aliphatic carbocycles. The van der Waals surface area contributed by atoms with Crippen molar-refractivity contribution in [3.63, 3.8) is 0 Å². The van der Waals surface area contributed by atoms with Crippen LogP contribution in [0.1, 0.15) is 26.7 Å². The van der Waals surface area contributed by atoms with Crippen LogP contribution < -0.4 is 10.6 Å². The SMILES string of the molecule is CC(O)C(NC(=O)NCC1(C)CC1)C(=O)O. The van der Waals surface area contributed by atoms with Gasteiger partial charge in [-0.3, -0.25) is 0 Å². The highest BCUT2D eigenvalue weighted by Crippen LogP contribution is 2.43. The fourth-order valence-electron chi connectivity index (χ4n) is 1.26. The number of hydrogen-bond acceptors (Lipinski definition) is 3. The number of aliphatic hydroxyl groups excluding tert-OH is 1. The maximum Gasteiger partial charge on any atom is 0.328 e. The molecule has 0 heterocycles. The second kappa shape index (κ2) is 4.69. The summed E-state index contributed by atoms with van der Waals surface area (Å²) in [7, 11) is 0. The summed E-state index contributed by atoms with van der Waals surface area (Å²) in [5, 5.41) is 22.7. The first-order chi connectivity index (χ1) is 7.34. The van der Waals surface area contributed by atoms with E-state index in [-0.39, 0.29) is 5.41 Å². The van der Waals surface area contributed by atoms with Crippen molar-refractivity contribution in [2.45, 2.75) is 38.8 Å². The van der Waals surface area contributed by atoms with E-state index in [2.05, 4.69) is 17.6 Å². The van der Waals surface area contributed by atoms with E-state index in [4.69, 9.17) is 10.2 Å². The minimum Gasteiger partial charge on any atom is -0.480 e. The van der Waals surface area contributed by atoms with Crippen molar-refractivity contribution in [2.24, 2.45) is 5.41 Å². The summed E-state index contributed by atoms with van der Waals surface area (Å²) in [6.45, 7) is 3.91. The topological polar surface area (TPSA) is 98.7 Å². The van der Waals surface area contributed by atoms with Crippen LogP contribution in [0.3, 0.4) is 0 Å². The monoisotopic (exact) mass is 230 g/mol. The summed E-state index contributed by atoms with van der Waals surface area (Å²) in [6.07, 6.45) is 1.03. The Morgan fingerprint density at radius 1 is 1.44 bits per heavy atom. The van der Waals surface area contributed by atoms with Crippen LogP contribution >= 0.6 is 0 Å². The van der Waals surface area contributed by atoms with Gasteiger partial charge in [0.1, 0.15) is 0 Å². The van der Waals surface area contributed by atoms with Crippen molar-refractivity contribution in [1.82, 2.24) is 10.6 Å². The largest absolute Gasteiger partial charge is 0.480 e. The first-order valence-electron chi connectivity index (χ1n) is 5.29. The Balaban J connectivity index is 2.33. The van der Waals surface area contributed by atoms with Crippen LogP contribution in [-0.2, 0) is 4.79 Å². The summed E-state index contributed by atoms with van der Waals surface area (Å²) >= 11 is 0. The molecule has 0 aromatic rings. The van der Waals surface area contributed by atoms with Crippen LogP contribution in [0.5, 0.6) is 0 Å². The number of carbonyl (C=O) groups excluding carboxylic acids is 1. The molecule has 2 amide bonds. The number of nitrogens with one attached hydrogen (secondary N) is 2. The molecule has 0 saturated heterocycles. The molecule has 92 valence electrons. The van der Waals surface area contributed by atoms with Crippen LogP contribution in [0, 0.1) is 5.41 Å². The second-order valence-electron chi connectivity index (χ2n) is 4.69. The number of hydrogen-bond donors (Lipinski definition) is 4. The first-order valence-corrected chi connectivity index (χ1v) is 5.29. The van der Waals surface area contributed by atoms with Crippen LogP contribution in [0.25, 0.3) is 0 Å². The van der Waals surface area contributed by atoms with Crippen molar-refractivity contribution in [3.8, 4) is 0 Å². The summed E-state index contributed by atoms with van der Waals surface area (Å²) < 4.78 is 0. The van der Waals surface area contributed by atoms with Gasteiger partial charge in [0.2, 0.25) is 0 Å². The zero-order valence-electron chi connectivity index (χ0n) is 9.49. The highest BCUT2D eigenvalue weighted by molar-refractivity contribution is 5.82. The van der Waals surface area contributed by atoms with Gasteiger partial charge in [-0.2, -0.15) is 0 Å². The third kappa shape index (κ3) is 3.69. The predicted octanol–water partition coefficient (Wildman–Crippen LogP) is -0.0803. The van der Waals surface area contributed by atoms with Gasteiger partial charge in [0.05, 0.1) is 6.10 Å². The lowest BCUT2D eigenvalue weighted by Gasteiger charge is -2.18. The van der Waals surface area contributed by atoms with Crippen LogP contribution in [0.2, 0.25) is 0 Å². The van der Waals surface area contributed by atoms with Crippen LogP contribution in [0.4, 0.5) is 4.79 Å². The van der Waals surface area contributed by atoms with Crippen LogP contribution in [-0.4, -0.2) is 40.9 Å². The summed E-state index contributed by atoms with van der Waals surface area (Å²) in [6, 6.07) is -1.83. The molecule has 1 rings (SSSR count). The van der Waals surface area contributed by atoms with Crippen molar-refractivity contribution in [2.75, 3.05) is 6.54 Å². The van der Waals surface area contributed by atoms with E-state index in [1.807, 2.05) is 0 Å². The number of carboxylic acid groups (broad SMARTS) is 1. The van der Waals surface area contributed by atoms with Gasteiger partial charge in [0.15, 0.2) is 6.04 Å². The van der Waals surface area contributed by atoms with Crippen molar-refractivity contribution >= 4 is 12.0 Å². The third-order valence-electron chi connectivity index (χ3n) is 2.81. The van der Waals surface area contributed by atoms with Crippen molar-refractivity contribution in [3.05, 3.63) is 0 Å². The number of urea groups is 1. The molecule has 4 N–H and O–H groups in total. The molecular weight excluding hydrogens is 212 g/mol. The molecule has 0 spiro atoms. The van der Waals surface area contributed by atoms with E-state index in [9.17, 15) is 9.59 Å². The predicted molar refractivity (Wildman–Crippen MR) is 57.0 cm³/mol. The molecule has 0 aromatic carbocycles. The van der Waals surface area contributed by atoms with Gasteiger partial charge in [-0.05, 0) is 25.2 Å². The number of aliphatic hydroxyl groups is 1. The van der Waals surface area contributed by atoms with E-state index in [0.717, 1.165) is 12.8 Å². The Bertz CT molecular complexity index is 287. The quantitative estimate of drug-likeness (QED) is 0.531. The average molecular weight is 230 g/mol. The lowest BCUT2D eigenvalue weighted by molar-refractivity contribution is -0.141. The van der Waals surface area contributed by atoms with Crippen LogP contribution in [0.15, 0.2) is 0 Å². The van der Waals surface area contributed by atoms with Gasteiger partial charge < -0.3 is 20.8 Å². The lowest BCUT2D eigenvalue weighted by Crippen LogP contribution is -2.51. The Morgan fingerprint density at radius 3 is 2.38 bits per heavy atom. The first kappa shape index (κ1) is 12.8. The highest BCUT2D eigenvalue weighted by atomic mass is 16.4. The normalized spacial score (nSPS) is 20.7. The molecule has 1 aliphatic rings. The fourth-order valence-corrected chi connectivity index (χ4v) is 1.26. The molecular formula is C10H18N2O4. The van der Waals surface area contributed by atoms with Gasteiger partial charge in [-0.25, -0.2) is 9.59 Å². The lowest BCUT2D eigenvalue weighted by atomic mass is 10.1. The Morgan fingerprint density at radius 2 is 2.00 bits per heavy atom. The molecule has 0 bridgehead atoms. The average Bonchev–Trinajstić information content (AvgIpc) is 2.89. The maximum absolute atomic E-state index is 11.3. The Labute approximate surface area is 94.0 Å². The summed E-state index contributed by atoms with van der Waals surface area (Å²) in [4.78, 5) is 22.0. The standard InChI is InChI=1S/C10H18N2O4/c1-6(13)7(8(14)15)12-9(16)11-5-10(2)3-4-10/h6-7,13H,3-5H2,1-2H3,(H,14,15)(H2,11,12,16). The van der Waals surface area contributed by atoms with Gasteiger partial charge in [-0.15, -0.1) is 0 Å². The minimum atomic E-state index is -1.27. The summed E-state index contributed by atoms with van der Waals surface area (Å²) in [5.74, 6) is -1.25. The molecule has 6 nitrogen and oxygen atoms in total. The molecule has 1 saturated carbocycles. The number of carbonyl (C=O) groups is 2. The fraction of sp³-hybridized carbons (Fsp3) is 0.800. The number of amides is 2. The van der Waals surface area contributed by atoms with Gasteiger partial charge in [0, 0.05) is 6.54 Å². The molecule has 1 fully saturated rings. The van der Waals surface area contributed by atoms with Crippen molar-refractivity contribution in [1.29, 1.82) is 0 Å². The van der Waals surface area contributed by atoms with E-state index in [1.54, 1.807) is 0 Å². The number of carboxylic acids is 1. The van der Waals surface area contributed by atoms with E-state index < -0.39 is 24.1 Å². The minimum absolute atomic E-state index is 0.168. The van der Waals surface area contributed by atoms with Gasteiger partial charge >= 0.3 is 12.0 Å². The Hall–Kier alpha value is -1.30. The summed E-state index contributed by atoms with van der Waals surface area (Å²) in [5.41, 5.74) is 0.168. The van der Waals surface area contributed by atoms with Gasteiger partial charge in [-0.1, -0.05) is 6.92 Å². The molecule has 6 heteroatoms.